The number of carboxylic acids is 1. The summed E-state index contributed by atoms with van der Waals surface area (Å²) in [4.78, 5) is 10.3. The Morgan fingerprint density at radius 1 is 1.44 bits per heavy atom. The number of carbonyl (C=O) groups is 1. The molecule has 1 aromatic rings. The third-order valence-corrected chi connectivity index (χ3v) is 2.09. The maximum absolute atomic E-state index is 13.2. The van der Waals surface area contributed by atoms with Crippen LogP contribution >= 0.6 is 0 Å². The Labute approximate surface area is 90.9 Å². The van der Waals surface area contributed by atoms with Gasteiger partial charge < -0.3 is 21.1 Å². The summed E-state index contributed by atoms with van der Waals surface area (Å²) < 4.78 is 13.2. The van der Waals surface area contributed by atoms with Gasteiger partial charge in [0.05, 0.1) is 12.5 Å². The highest BCUT2D eigenvalue weighted by molar-refractivity contribution is 5.67. The van der Waals surface area contributed by atoms with Crippen molar-refractivity contribution in [1.29, 1.82) is 0 Å². The largest absolute Gasteiger partial charge is 0.481 e. The molecule has 6 heteroatoms. The highest BCUT2D eigenvalue weighted by Crippen LogP contribution is 2.23. The molecule has 0 heterocycles. The molecule has 0 radical (unpaired) electrons. The van der Waals surface area contributed by atoms with Gasteiger partial charge in [0.15, 0.2) is 0 Å². The van der Waals surface area contributed by atoms with Gasteiger partial charge in [0, 0.05) is 11.3 Å². The fraction of sp³-hybridized carbons (Fsp3) is 0.300. The first-order valence-corrected chi connectivity index (χ1v) is 4.54. The van der Waals surface area contributed by atoms with Gasteiger partial charge in [-0.05, 0) is 18.2 Å². The van der Waals surface area contributed by atoms with Gasteiger partial charge in [0.2, 0.25) is 0 Å². The first-order valence-electron chi connectivity index (χ1n) is 4.54. The minimum absolute atomic E-state index is 0.214. The molecule has 16 heavy (non-hydrogen) atoms. The van der Waals surface area contributed by atoms with Gasteiger partial charge in [-0.15, -0.1) is 0 Å². The zero-order chi connectivity index (χ0) is 12.3. The number of halogens is 1. The van der Waals surface area contributed by atoms with Crippen molar-refractivity contribution >= 4 is 11.7 Å². The van der Waals surface area contributed by atoms with Gasteiger partial charge in [-0.3, -0.25) is 4.79 Å². The van der Waals surface area contributed by atoms with E-state index < -0.39 is 30.4 Å². The van der Waals surface area contributed by atoms with Crippen LogP contribution in [0.3, 0.4) is 0 Å². The molecule has 2 unspecified atom stereocenters. The standard InChI is InChI=1S/C10H12FNO4/c11-7-2-1-5(12)3-6(7)10(16)8(13)4-9(14)15/h1-3,8,10,13,16H,4,12H2,(H,14,15). The second kappa shape index (κ2) is 4.91. The summed E-state index contributed by atoms with van der Waals surface area (Å²) in [6.45, 7) is 0. The summed E-state index contributed by atoms with van der Waals surface area (Å²) in [7, 11) is 0. The fourth-order valence-electron chi connectivity index (χ4n) is 1.29. The molecule has 0 bridgehead atoms. The summed E-state index contributed by atoms with van der Waals surface area (Å²) in [5, 5.41) is 27.3. The van der Waals surface area contributed by atoms with Crippen molar-refractivity contribution in [2.75, 3.05) is 5.73 Å². The molecule has 0 aliphatic heterocycles. The number of aliphatic hydroxyl groups is 2. The summed E-state index contributed by atoms with van der Waals surface area (Å²) in [6.07, 6.45) is -3.86. The molecule has 1 rings (SSSR count). The lowest BCUT2D eigenvalue weighted by Gasteiger charge is -2.17. The normalized spacial score (nSPS) is 14.4. The van der Waals surface area contributed by atoms with Crippen LogP contribution in [0.25, 0.3) is 0 Å². The Morgan fingerprint density at radius 3 is 2.62 bits per heavy atom. The van der Waals surface area contributed by atoms with E-state index in [1.54, 1.807) is 0 Å². The highest BCUT2D eigenvalue weighted by atomic mass is 19.1. The maximum atomic E-state index is 13.2. The number of anilines is 1. The van der Waals surface area contributed by atoms with Crippen molar-refractivity contribution in [3.63, 3.8) is 0 Å². The molecule has 0 fully saturated rings. The van der Waals surface area contributed by atoms with Crippen LogP contribution in [0.4, 0.5) is 10.1 Å². The molecule has 0 aliphatic carbocycles. The van der Waals surface area contributed by atoms with Crippen LogP contribution in [-0.2, 0) is 4.79 Å². The number of hydrogen-bond donors (Lipinski definition) is 4. The number of nitrogen functional groups attached to an aromatic ring is 1. The molecule has 0 aliphatic rings. The van der Waals surface area contributed by atoms with E-state index in [2.05, 4.69) is 0 Å². The average Bonchev–Trinajstić information content (AvgIpc) is 2.19. The molecular formula is C10H12FNO4. The SMILES string of the molecule is Nc1ccc(F)c(C(O)C(O)CC(=O)O)c1. The molecule has 0 saturated carbocycles. The van der Waals surface area contributed by atoms with Gasteiger partial charge in [0.25, 0.3) is 0 Å². The van der Waals surface area contributed by atoms with Crippen LogP contribution < -0.4 is 5.73 Å². The molecule has 0 spiro atoms. The Balaban J connectivity index is 2.90. The van der Waals surface area contributed by atoms with E-state index in [1.807, 2.05) is 0 Å². The second-order valence-corrected chi connectivity index (χ2v) is 3.39. The molecule has 0 aromatic heterocycles. The maximum Gasteiger partial charge on any atom is 0.306 e. The number of rotatable bonds is 4. The number of benzene rings is 1. The van der Waals surface area contributed by atoms with Gasteiger partial charge >= 0.3 is 5.97 Å². The van der Waals surface area contributed by atoms with Crippen LogP contribution in [0.5, 0.6) is 0 Å². The Hall–Kier alpha value is -1.66. The predicted molar refractivity (Wildman–Crippen MR) is 54.0 cm³/mol. The average molecular weight is 229 g/mol. The van der Waals surface area contributed by atoms with Gasteiger partial charge in [-0.1, -0.05) is 0 Å². The molecule has 5 N–H and O–H groups in total. The lowest BCUT2D eigenvalue weighted by atomic mass is 10.0. The van der Waals surface area contributed by atoms with Gasteiger partial charge in [0.1, 0.15) is 11.9 Å². The topological polar surface area (TPSA) is 104 Å². The summed E-state index contributed by atoms with van der Waals surface area (Å²) in [6, 6.07) is 3.50. The van der Waals surface area contributed by atoms with E-state index >= 15 is 0 Å². The molecule has 5 nitrogen and oxygen atoms in total. The number of carboxylic acid groups (broad SMARTS) is 1. The minimum Gasteiger partial charge on any atom is -0.481 e. The van der Waals surface area contributed by atoms with Gasteiger partial charge in [-0.2, -0.15) is 0 Å². The molecule has 0 amide bonds. The predicted octanol–water partition coefficient (Wildman–Crippen LogP) is 0.277. The van der Waals surface area contributed by atoms with E-state index in [0.717, 1.165) is 12.1 Å². The zero-order valence-corrected chi connectivity index (χ0v) is 8.30. The van der Waals surface area contributed by atoms with Crippen LogP contribution in [0.2, 0.25) is 0 Å². The van der Waals surface area contributed by atoms with E-state index in [0.29, 0.717) is 0 Å². The quantitative estimate of drug-likeness (QED) is 0.555. The molecule has 88 valence electrons. The molecule has 1 aromatic carbocycles. The number of nitrogens with two attached hydrogens (primary N) is 1. The van der Waals surface area contributed by atoms with Crippen LogP contribution in [0.1, 0.15) is 18.1 Å². The highest BCUT2D eigenvalue weighted by Gasteiger charge is 2.23. The third kappa shape index (κ3) is 2.91. The van der Waals surface area contributed by atoms with Gasteiger partial charge in [-0.25, -0.2) is 4.39 Å². The van der Waals surface area contributed by atoms with Crippen LogP contribution in [0, 0.1) is 5.82 Å². The number of aliphatic hydroxyl groups excluding tert-OH is 2. The van der Waals surface area contributed by atoms with E-state index in [1.165, 1.54) is 6.07 Å². The number of hydrogen-bond acceptors (Lipinski definition) is 4. The first kappa shape index (κ1) is 12.4. The van der Waals surface area contributed by atoms with Crippen molar-refractivity contribution in [2.45, 2.75) is 18.6 Å². The zero-order valence-electron chi connectivity index (χ0n) is 8.30. The minimum atomic E-state index is -1.61. The van der Waals surface area contributed by atoms with Crippen LogP contribution in [-0.4, -0.2) is 27.4 Å². The van der Waals surface area contributed by atoms with Crippen molar-refractivity contribution in [3.8, 4) is 0 Å². The second-order valence-electron chi connectivity index (χ2n) is 3.39. The van der Waals surface area contributed by atoms with E-state index in [-0.39, 0.29) is 11.3 Å². The fourth-order valence-corrected chi connectivity index (χ4v) is 1.29. The molecule has 0 saturated heterocycles. The third-order valence-electron chi connectivity index (χ3n) is 2.09. The monoisotopic (exact) mass is 229 g/mol. The van der Waals surface area contributed by atoms with Crippen molar-refractivity contribution < 1.29 is 24.5 Å². The first-order chi connectivity index (χ1) is 7.41. The van der Waals surface area contributed by atoms with Crippen molar-refractivity contribution in [3.05, 3.63) is 29.6 Å². The summed E-state index contributed by atoms with van der Waals surface area (Å²) in [5.41, 5.74) is 5.40. The Kier molecular flexibility index (Phi) is 3.81. The van der Waals surface area contributed by atoms with Crippen molar-refractivity contribution in [1.82, 2.24) is 0 Å². The Morgan fingerprint density at radius 2 is 2.06 bits per heavy atom. The van der Waals surface area contributed by atoms with Crippen molar-refractivity contribution in [2.24, 2.45) is 0 Å². The van der Waals surface area contributed by atoms with E-state index in [9.17, 15) is 19.4 Å². The molecular weight excluding hydrogens is 217 g/mol. The number of aliphatic carboxylic acids is 1. The smallest absolute Gasteiger partial charge is 0.306 e. The Bertz CT molecular complexity index is 396. The summed E-state index contributed by atoms with van der Waals surface area (Å²) in [5.74, 6) is -2.03. The lowest BCUT2D eigenvalue weighted by Crippen LogP contribution is -2.22. The lowest BCUT2D eigenvalue weighted by molar-refractivity contribution is -0.141. The summed E-state index contributed by atoms with van der Waals surface area (Å²) >= 11 is 0. The van der Waals surface area contributed by atoms with E-state index in [4.69, 9.17) is 10.8 Å². The van der Waals surface area contributed by atoms with Crippen LogP contribution in [0.15, 0.2) is 18.2 Å². The molecule has 2 atom stereocenters.